The van der Waals surface area contributed by atoms with Crippen LogP contribution in [-0.4, -0.2) is 20.5 Å². The van der Waals surface area contributed by atoms with E-state index in [9.17, 15) is 8.42 Å². The summed E-state index contributed by atoms with van der Waals surface area (Å²) >= 11 is 3.28. The van der Waals surface area contributed by atoms with Crippen molar-refractivity contribution in [3.05, 3.63) is 41.0 Å². The van der Waals surface area contributed by atoms with Crippen molar-refractivity contribution in [2.75, 3.05) is 17.3 Å². The molecule has 0 bridgehead atoms. The molecule has 0 unspecified atom stereocenters. The molecule has 4 N–H and O–H groups in total. The summed E-state index contributed by atoms with van der Waals surface area (Å²) in [6, 6.07) is 7.88. The summed E-state index contributed by atoms with van der Waals surface area (Å²) in [5, 5.41) is 0. The molecule has 0 aliphatic heterocycles. The zero-order chi connectivity index (χ0) is 15.5. The topological polar surface area (TPSA) is 106 Å². The number of rotatable bonds is 5. The molecule has 0 aliphatic carbocycles. The molecule has 7 nitrogen and oxygen atoms in total. The van der Waals surface area contributed by atoms with E-state index in [4.69, 9.17) is 10.6 Å². The number of nitrogens with zero attached hydrogens (tertiary/aromatic N) is 1. The molecule has 9 heteroatoms. The zero-order valence-electron chi connectivity index (χ0n) is 11.0. The number of hydrogen-bond donors (Lipinski definition) is 3. The number of nitrogens with two attached hydrogens (primary N) is 1. The van der Waals surface area contributed by atoms with Crippen LogP contribution in [0.2, 0.25) is 0 Å². The van der Waals surface area contributed by atoms with Crippen molar-refractivity contribution < 1.29 is 13.2 Å². The molecule has 112 valence electrons. The van der Waals surface area contributed by atoms with Gasteiger partial charge in [-0.1, -0.05) is 15.9 Å². The van der Waals surface area contributed by atoms with E-state index in [-0.39, 0.29) is 4.90 Å². The molecule has 0 atom stereocenters. The van der Waals surface area contributed by atoms with Crippen LogP contribution in [0.1, 0.15) is 0 Å². The standard InChI is InChI=1S/C12H13BrN4O3S/c1-20-11-4-2-8(13)6-10(11)17-21(18,19)9-3-5-12(16-14)15-7-9/h2-7,17H,14H2,1H3,(H,15,16). The molecule has 21 heavy (non-hydrogen) atoms. The van der Waals surface area contributed by atoms with Gasteiger partial charge in [0.15, 0.2) is 0 Å². The number of benzene rings is 1. The number of ether oxygens (including phenoxy) is 1. The van der Waals surface area contributed by atoms with Gasteiger partial charge < -0.3 is 10.2 Å². The van der Waals surface area contributed by atoms with E-state index in [1.165, 1.54) is 25.4 Å². The first-order valence-electron chi connectivity index (χ1n) is 5.75. The van der Waals surface area contributed by atoms with E-state index in [1.807, 2.05) is 0 Å². The van der Waals surface area contributed by atoms with E-state index in [0.29, 0.717) is 17.3 Å². The zero-order valence-corrected chi connectivity index (χ0v) is 13.4. The molecule has 1 aromatic heterocycles. The lowest BCUT2D eigenvalue weighted by Gasteiger charge is -2.12. The summed E-state index contributed by atoms with van der Waals surface area (Å²) in [5.74, 6) is 5.97. The Morgan fingerprint density at radius 3 is 2.62 bits per heavy atom. The number of pyridine rings is 1. The Hall–Kier alpha value is -1.84. The van der Waals surface area contributed by atoms with Gasteiger partial charge in [-0.2, -0.15) is 0 Å². The predicted molar refractivity (Wildman–Crippen MR) is 83.5 cm³/mol. The van der Waals surface area contributed by atoms with E-state index in [0.717, 1.165) is 4.47 Å². The molecular weight excluding hydrogens is 360 g/mol. The highest BCUT2D eigenvalue weighted by atomic mass is 79.9. The average Bonchev–Trinajstić information content (AvgIpc) is 2.47. The molecule has 0 aliphatic rings. The van der Waals surface area contributed by atoms with Gasteiger partial charge in [-0.3, -0.25) is 4.72 Å². The number of aromatic nitrogens is 1. The van der Waals surface area contributed by atoms with Gasteiger partial charge in [-0.25, -0.2) is 19.2 Å². The Kier molecular flexibility index (Phi) is 4.66. The summed E-state index contributed by atoms with van der Waals surface area (Å²) in [7, 11) is -2.31. The molecule has 1 heterocycles. The second-order valence-corrected chi connectivity index (χ2v) is 6.57. The molecule has 0 saturated heterocycles. The number of hydrazine groups is 1. The SMILES string of the molecule is COc1ccc(Br)cc1NS(=O)(=O)c1ccc(NN)nc1. The Bertz CT molecular complexity index is 735. The minimum atomic E-state index is -3.77. The number of sulfonamides is 1. The van der Waals surface area contributed by atoms with Gasteiger partial charge in [0, 0.05) is 10.7 Å². The molecule has 0 fully saturated rings. The van der Waals surface area contributed by atoms with Crippen LogP contribution in [0.15, 0.2) is 45.9 Å². The first-order valence-corrected chi connectivity index (χ1v) is 8.03. The first kappa shape index (κ1) is 15.5. The van der Waals surface area contributed by atoms with Crippen LogP contribution in [0.25, 0.3) is 0 Å². The number of nitrogen functional groups attached to an aromatic ring is 1. The third-order valence-electron chi connectivity index (χ3n) is 2.60. The predicted octanol–water partition coefficient (Wildman–Crippen LogP) is 1.94. The maximum Gasteiger partial charge on any atom is 0.263 e. The van der Waals surface area contributed by atoms with E-state index >= 15 is 0 Å². The minimum Gasteiger partial charge on any atom is -0.495 e. The van der Waals surface area contributed by atoms with Gasteiger partial charge in [0.25, 0.3) is 10.0 Å². The van der Waals surface area contributed by atoms with Crippen molar-refractivity contribution in [2.45, 2.75) is 4.90 Å². The van der Waals surface area contributed by atoms with Gasteiger partial charge in [0.1, 0.15) is 16.5 Å². The monoisotopic (exact) mass is 372 g/mol. The van der Waals surface area contributed by atoms with Crippen LogP contribution in [0.5, 0.6) is 5.75 Å². The van der Waals surface area contributed by atoms with Crippen molar-refractivity contribution >= 4 is 37.5 Å². The third kappa shape index (κ3) is 3.63. The van der Waals surface area contributed by atoms with Crippen LogP contribution in [0, 0.1) is 0 Å². The average molecular weight is 373 g/mol. The number of halogens is 1. The lowest BCUT2D eigenvalue weighted by Crippen LogP contribution is -2.15. The van der Waals surface area contributed by atoms with Crippen LogP contribution < -0.4 is 20.7 Å². The van der Waals surface area contributed by atoms with Crippen LogP contribution >= 0.6 is 15.9 Å². The van der Waals surface area contributed by atoms with Crippen molar-refractivity contribution in [2.24, 2.45) is 5.84 Å². The molecule has 2 rings (SSSR count). The Balaban J connectivity index is 2.34. The number of anilines is 2. The largest absolute Gasteiger partial charge is 0.495 e. The lowest BCUT2D eigenvalue weighted by atomic mass is 10.3. The maximum atomic E-state index is 12.3. The molecule has 1 aromatic carbocycles. The highest BCUT2D eigenvalue weighted by molar-refractivity contribution is 9.10. The molecule has 0 saturated carbocycles. The van der Waals surface area contributed by atoms with E-state index in [1.54, 1.807) is 18.2 Å². The van der Waals surface area contributed by atoms with Gasteiger partial charge in [-0.15, -0.1) is 0 Å². The van der Waals surface area contributed by atoms with Crippen LogP contribution in [0.3, 0.4) is 0 Å². The van der Waals surface area contributed by atoms with E-state index < -0.39 is 10.0 Å². The molecule has 0 amide bonds. The number of methoxy groups -OCH3 is 1. The quantitative estimate of drug-likeness (QED) is 0.546. The molecule has 0 radical (unpaired) electrons. The smallest absolute Gasteiger partial charge is 0.263 e. The Labute approximate surface area is 130 Å². The summed E-state index contributed by atoms with van der Waals surface area (Å²) in [4.78, 5) is 3.89. The normalized spacial score (nSPS) is 11.0. The lowest BCUT2D eigenvalue weighted by molar-refractivity contribution is 0.417. The summed E-state index contributed by atoms with van der Waals surface area (Å²) in [5.41, 5.74) is 2.66. The third-order valence-corrected chi connectivity index (χ3v) is 4.44. The van der Waals surface area contributed by atoms with Gasteiger partial charge in [0.2, 0.25) is 0 Å². The van der Waals surface area contributed by atoms with Crippen molar-refractivity contribution in [1.82, 2.24) is 4.98 Å². The summed E-state index contributed by atoms with van der Waals surface area (Å²) in [6.07, 6.45) is 1.21. The van der Waals surface area contributed by atoms with Gasteiger partial charge in [0.05, 0.1) is 12.8 Å². The summed E-state index contributed by atoms with van der Waals surface area (Å²) < 4.78 is 32.9. The minimum absolute atomic E-state index is 0.0172. The van der Waals surface area contributed by atoms with Crippen LogP contribution in [-0.2, 0) is 10.0 Å². The van der Waals surface area contributed by atoms with Gasteiger partial charge >= 0.3 is 0 Å². The van der Waals surface area contributed by atoms with Crippen molar-refractivity contribution in [3.63, 3.8) is 0 Å². The second-order valence-electron chi connectivity index (χ2n) is 3.97. The molecule has 2 aromatic rings. The first-order chi connectivity index (χ1) is 9.96. The van der Waals surface area contributed by atoms with Crippen molar-refractivity contribution in [3.8, 4) is 5.75 Å². The Morgan fingerprint density at radius 1 is 1.29 bits per heavy atom. The van der Waals surface area contributed by atoms with Crippen molar-refractivity contribution in [1.29, 1.82) is 0 Å². The summed E-state index contributed by atoms with van der Waals surface area (Å²) in [6.45, 7) is 0. The van der Waals surface area contributed by atoms with E-state index in [2.05, 4.69) is 31.1 Å². The fourth-order valence-electron chi connectivity index (χ4n) is 1.59. The second kappa shape index (κ2) is 6.29. The molecule has 0 spiro atoms. The number of nitrogens with one attached hydrogen (secondary N) is 2. The highest BCUT2D eigenvalue weighted by Crippen LogP contribution is 2.29. The van der Waals surface area contributed by atoms with Gasteiger partial charge in [-0.05, 0) is 30.3 Å². The van der Waals surface area contributed by atoms with Crippen LogP contribution in [0.4, 0.5) is 11.5 Å². The maximum absolute atomic E-state index is 12.3. The number of hydrogen-bond acceptors (Lipinski definition) is 6. The molecular formula is C12H13BrN4O3S. The Morgan fingerprint density at radius 2 is 2.05 bits per heavy atom. The fraction of sp³-hybridized carbons (Fsp3) is 0.0833. The highest BCUT2D eigenvalue weighted by Gasteiger charge is 2.17. The fourth-order valence-corrected chi connectivity index (χ4v) is 2.95.